The molecular formula is C12H8FN3O4S. The maximum Gasteiger partial charge on any atom is 0.338 e. The lowest BCUT2D eigenvalue weighted by atomic mass is 10.2. The molecule has 0 aliphatic carbocycles. The van der Waals surface area contributed by atoms with E-state index in [1.54, 1.807) is 13.0 Å². The molecule has 0 aliphatic heterocycles. The number of hydrogen-bond donors (Lipinski definition) is 1. The number of nitro benzene ring substituents is 1. The summed E-state index contributed by atoms with van der Waals surface area (Å²) in [6.07, 6.45) is 1.47. The summed E-state index contributed by atoms with van der Waals surface area (Å²) in [5, 5.41) is 20.0. The Morgan fingerprint density at radius 3 is 2.76 bits per heavy atom. The van der Waals surface area contributed by atoms with Crippen molar-refractivity contribution in [2.75, 3.05) is 0 Å². The Balaban J connectivity index is 2.52. The van der Waals surface area contributed by atoms with Crippen molar-refractivity contribution in [2.24, 2.45) is 0 Å². The average molecular weight is 309 g/mol. The number of nitrogens with zero attached hydrogens (tertiary/aromatic N) is 3. The predicted molar refractivity (Wildman–Crippen MR) is 70.9 cm³/mol. The maximum atomic E-state index is 13.5. The number of hydrogen-bond acceptors (Lipinski definition) is 6. The van der Waals surface area contributed by atoms with Gasteiger partial charge in [-0.25, -0.2) is 19.2 Å². The van der Waals surface area contributed by atoms with Crippen LogP contribution in [0, 0.1) is 22.9 Å². The van der Waals surface area contributed by atoms with Crippen molar-refractivity contribution in [2.45, 2.75) is 17.0 Å². The number of aromatic carboxylic acids is 1. The molecule has 2 rings (SSSR count). The van der Waals surface area contributed by atoms with Crippen molar-refractivity contribution in [3.05, 3.63) is 51.6 Å². The molecule has 1 aromatic carbocycles. The molecule has 0 radical (unpaired) electrons. The molecule has 0 saturated carbocycles. The summed E-state index contributed by atoms with van der Waals surface area (Å²) in [5.41, 5.74) is -0.529. The van der Waals surface area contributed by atoms with E-state index >= 15 is 0 Å². The van der Waals surface area contributed by atoms with Crippen LogP contribution in [-0.2, 0) is 0 Å². The van der Waals surface area contributed by atoms with E-state index in [1.807, 2.05) is 0 Å². The van der Waals surface area contributed by atoms with E-state index in [1.165, 1.54) is 6.20 Å². The number of aryl methyl sites for hydroxylation is 1. The van der Waals surface area contributed by atoms with Gasteiger partial charge in [0.25, 0.3) is 5.69 Å². The van der Waals surface area contributed by atoms with Crippen LogP contribution in [0.5, 0.6) is 0 Å². The van der Waals surface area contributed by atoms with Gasteiger partial charge in [0.1, 0.15) is 5.82 Å². The number of carboxylic acids is 1. The molecule has 1 heterocycles. The Labute approximate surface area is 122 Å². The van der Waals surface area contributed by atoms with Crippen molar-refractivity contribution in [1.82, 2.24) is 9.97 Å². The molecule has 1 N–H and O–H groups in total. The SMILES string of the molecule is Cc1ccnc(Sc2cc(C(=O)O)c(F)cc2[N+](=O)[O-])n1. The van der Waals surface area contributed by atoms with Gasteiger partial charge >= 0.3 is 5.97 Å². The number of rotatable bonds is 4. The van der Waals surface area contributed by atoms with Crippen molar-refractivity contribution in [1.29, 1.82) is 0 Å². The molecular weight excluding hydrogens is 301 g/mol. The molecule has 0 bridgehead atoms. The highest BCUT2D eigenvalue weighted by Gasteiger charge is 2.23. The van der Waals surface area contributed by atoms with Gasteiger partial charge in [0, 0.05) is 11.9 Å². The summed E-state index contributed by atoms with van der Waals surface area (Å²) in [6, 6.07) is 3.14. The number of carbonyl (C=O) groups is 1. The van der Waals surface area contributed by atoms with Crippen molar-refractivity contribution in [3.63, 3.8) is 0 Å². The Kier molecular flexibility index (Phi) is 4.13. The summed E-state index contributed by atoms with van der Waals surface area (Å²) < 4.78 is 13.5. The van der Waals surface area contributed by atoms with Gasteiger partial charge < -0.3 is 5.11 Å². The first-order chi connectivity index (χ1) is 9.88. The quantitative estimate of drug-likeness (QED) is 0.525. The molecule has 0 spiro atoms. The minimum absolute atomic E-state index is 0.0376. The van der Waals surface area contributed by atoms with Gasteiger partial charge in [-0.3, -0.25) is 10.1 Å². The molecule has 0 fully saturated rings. The molecule has 21 heavy (non-hydrogen) atoms. The van der Waals surface area contributed by atoms with Crippen LogP contribution >= 0.6 is 11.8 Å². The molecule has 2 aromatic rings. The zero-order valence-electron chi connectivity index (χ0n) is 10.6. The highest BCUT2D eigenvalue weighted by atomic mass is 32.2. The van der Waals surface area contributed by atoms with E-state index in [0.29, 0.717) is 11.8 Å². The van der Waals surface area contributed by atoms with Crippen LogP contribution in [-0.4, -0.2) is 26.0 Å². The summed E-state index contributed by atoms with van der Waals surface area (Å²) >= 11 is 0.803. The number of carboxylic acid groups (broad SMARTS) is 1. The van der Waals surface area contributed by atoms with Gasteiger partial charge in [-0.2, -0.15) is 0 Å². The average Bonchev–Trinajstić information content (AvgIpc) is 2.39. The highest BCUT2D eigenvalue weighted by molar-refractivity contribution is 7.99. The molecule has 108 valence electrons. The molecule has 1 aromatic heterocycles. The molecule has 0 amide bonds. The van der Waals surface area contributed by atoms with Gasteiger partial charge in [0.05, 0.1) is 21.4 Å². The zero-order chi connectivity index (χ0) is 15.6. The summed E-state index contributed by atoms with van der Waals surface area (Å²) in [6.45, 7) is 1.72. The molecule has 0 unspecified atom stereocenters. The smallest absolute Gasteiger partial charge is 0.338 e. The normalized spacial score (nSPS) is 10.4. The van der Waals surface area contributed by atoms with Gasteiger partial charge in [-0.05, 0) is 30.8 Å². The fourth-order valence-electron chi connectivity index (χ4n) is 1.50. The fourth-order valence-corrected chi connectivity index (χ4v) is 2.42. The molecule has 9 heteroatoms. The van der Waals surface area contributed by atoms with Gasteiger partial charge in [0.15, 0.2) is 5.16 Å². The predicted octanol–water partition coefficient (Wildman–Crippen LogP) is 2.68. The third-order valence-corrected chi connectivity index (χ3v) is 3.38. The number of nitro groups is 1. The second-order valence-corrected chi connectivity index (χ2v) is 4.95. The van der Waals surface area contributed by atoms with Crippen LogP contribution in [0.4, 0.5) is 10.1 Å². The monoisotopic (exact) mass is 309 g/mol. The zero-order valence-corrected chi connectivity index (χ0v) is 11.4. The molecule has 0 atom stereocenters. The number of aromatic nitrogens is 2. The van der Waals surface area contributed by atoms with Crippen molar-refractivity contribution in [3.8, 4) is 0 Å². The lowest BCUT2D eigenvalue weighted by Crippen LogP contribution is -2.03. The Morgan fingerprint density at radius 2 is 2.19 bits per heavy atom. The van der Waals surface area contributed by atoms with Crippen molar-refractivity contribution >= 4 is 23.4 Å². The minimum atomic E-state index is -1.51. The largest absolute Gasteiger partial charge is 0.478 e. The van der Waals surface area contributed by atoms with E-state index in [0.717, 1.165) is 17.8 Å². The standard InChI is InChI=1S/C12H8FN3O4S/c1-6-2-3-14-12(15-6)21-10-4-7(11(17)18)8(13)5-9(10)16(19)20/h2-5H,1H3,(H,17,18). The summed E-state index contributed by atoms with van der Waals surface area (Å²) in [7, 11) is 0. The van der Waals surface area contributed by atoms with Crippen LogP contribution in [0.2, 0.25) is 0 Å². The van der Waals surface area contributed by atoms with Crippen LogP contribution in [0.3, 0.4) is 0 Å². The second-order valence-electron chi connectivity index (χ2n) is 3.94. The Hall–Kier alpha value is -2.55. The van der Waals surface area contributed by atoms with E-state index in [-0.39, 0.29) is 10.1 Å². The Morgan fingerprint density at radius 1 is 1.48 bits per heavy atom. The molecule has 7 nitrogen and oxygen atoms in total. The fraction of sp³-hybridized carbons (Fsp3) is 0.0833. The lowest BCUT2D eigenvalue weighted by Gasteiger charge is -2.05. The molecule has 0 aliphatic rings. The first-order valence-corrected chi connectivity index (χ1v) is 6.39. The van der Waals surface area contributed by atoms with E-state index in [9.17, 15) is 19.3 Å². The van der Waals surface area contributed by atoms with Gasteiger partial charge in [-0.15, -0.1) is 0 Å². The number of halogens is 1. The minimum Gasteiger partial charge on any atom is -0.478 e. The Bertz CT molecular complexity index is 738. The van der Waals surface area contributed by atoms with Crippen LogP contribution in [0.25, 0.3) is 0 Å². The topological polar surface area (TPSA) is 106 Å². The second kappa shape index (κ2) is 5.83. The van der Waals surface area contributed by atoms with E-state index in [2.05, 4.69) is 9.97 Å². The van der Waals surface area contributed by atoms with Crippen LogP contribution in [0.15, 0.2) is 34.4 Å². The third kappa shape index (κ3) is 3.31. The molecule has 0 saturated heterocycles. The van der Waals surface area contributed by atoms with Crippen LogP contribution in [0.1, 0.15) is 16.1 Å². The van der Waals surface area contributed by atoms with E-state index < -0.39 is 28.0 Å². The van der Waals surface area contributed by atoms with Gasteiger partial charge in [0.2, 0.25) is 0 Å². The lowest BCUT2D eigenvalue weighted by molar-refractivity contribution is -0.387. The van der Waals surface area contributed by atoms with Crippen LogP contribution < -0.4 is 0 Å². The first kappa shape index (κ1) is 14.9. The number of benzene rings is 1. The van der Waals surface area contributed by atoms with Crippen molar-refractivity contribution < 1.29 is 19.2 Å². The third-order valence-electron chi connectivity index (χ3n) is 2.45. The van der Waals surface area contributed by atoms with E-state index in [4.69, 9.17) is 5.11 Å². The highest BCUT2D eigenvalue weighted by Crippen LogP contribution is 2.34. The first-order valence-electron chi connectivity index (χ1n) is 5.57. The van der Waals surface area contributed by atoms with Gasteiger partial charge in [-0.1, -0.05) is 0 Å². The summed E-state index contributed by atoms with van der Waals surface area (Å²) in [5.74, 6) is -2.67. The maximum absolute atomic E-state index is 13.5. The summed E-state index contributed by atoms with van der Waals surface area (Å²) in [4.78, 5) is 29.0.